The Morgan fingerprint density at radius 1 is 1.06 bits per heavy atom. The number of ether oxygens (including phenoxy) is 1. The van der Waals surface area contributed by atoms with Gasteiger partial charge in [0.1, 0.15) is 0 Å². The van der Waals surface area contributed by atoms with Crippen molar-refractivity contribution in [3.63, 3.8) is 0 Å². The van der Waals surface area contributed by atoms with Gasteiger partial charge in [0.05, 0.1) is 12.1 Å². The van der Waals surface area contributed by atoms with Gasteiger partial charge in [-0.25, -0.2) is 0 Å². The summed E-state index contributed by atoms with van der Waals surface area (Å²) in [6.07, 6.45) is 1.56. The zero-order valence-electron chi connectivity index (χ0n) is 19.1. The van der Waals surface area contributed by atoms with E-state index in [2.05, 4.69) is 29.2 Å². The number of aliphatic hydroxyl groups is 1. The summed E-state index contributed by atoms with van der Waals surface area (Å²) in [4.78, 5) is 29.3. The number of carbonyl (C=O) groups excluding carboxylic acids is 2. The molecule has 6 heteroatoms. The topological polar surface area (TPSA) is 70.1 Å². The first-order chi connectivity index (χ1) is 15.5. The summed E-state index contributed by atoms with van der Waals surface area (Å²) >= 11 is 0. The van der Waals surface area contributed by atoms with Gasteiger partial charge in [-0.1, -0.05) is 55.5 Å². The standard InChI is InChI=1S/C26H34N2O4/c1-3-24(30)32-21(2)25(31)28(23-12-8-5-9-13-23)26(20-29)15-18-27(19-16-26)17-14-22-10-6-4-7-11-22/h4-13,21,29H,3,14-20H2,1-2H3. The van der Waals surface area contributed by atoms with Crippen LogP contribution in [0.25, 0.3) is 0 Å². The molecular formula is C26H34N2O4. The average molecular weight is 439 g/mol. The van der Waals surface area contributed by atoms with Gasteiger partial charge in [0.2, 0.25) is 0 Å². The van der Waals surface area contributed by atoms with Gasteiger partial charge in [0.25, 0.3) is 5.91 Å². The summed E-state index contributed by atoms with van der Waals surface area (Å²) in [6, 6.07) is 19.8. The van der Waals surface area contributed by atoms with Gasteiger partial charge in [-0.05, 0) is 43.9 Å². The van der Waals surface area contributed by atoms with Crippen molar-refractivity contribution in [2.75, 3.05) is 31.1 Å². The monoisotopic (exact) mass is 438 g/mol. The van der Waals surface area contributed by atoms with Gasteiger partial charge in [0, 0.05) is 31.7 Å². The minimum absolute atomic E-state index is 0.144. The smallest absolute Gasteiger partial charge is 0.306 e. The highest BCUT2D eigenvalue weighted by atomic mass is 16.5. The third-order valence-electron chi connectivity index (χ3n) is 6.29. The molecule has 1 saturated heterocycles. The first-order valence-corrected chi connectivity index (χ1v) is 11.4. The highest BCUT2D eigenvalue weighted by Crippen LogP contribution is 2.34. The third kappa shape index (κ3) is 5.75. The van der Waals surface area contributed by atoms with E-state index in [1.807, 2.05) is 36.4 Å². The predicted octanol–water partition coefficient (Wildman–Crippen LogP) is 3.43. The molecule has 2 aromatic rings. The molecule has 1 aliphatic rings. The number of nitrogens with zero attached hydrogens (tertiary/aromatic N) is 2. The molecule has 0 aliphatic carbocycles. The molecule has 3 rings (SSSR count). The molecule has 1 heterocycles. The van der Waals surface area contributed by atoms with Gasteiger partial charge < -0.3 is 19.6 Å². The van der Waals surface area contributed by atoms with Crippen LogP contribution in [-0.4, -0.2) is 59.8 Å². The van der Waals surface area contributed by atoms with Crippen LogP contribution >= 0.6 is 0 Å². The van der Waals surface area contributed by atoms with Gasteiger partial charge >= 0.3 is 5.97 Å². The molecule has 32 heavy (non-hydrogen) atoms. The van der Waals surface area contributed by atoms with Crippen molar-refractivity contribution < 1.29 is 19.4 Å². The molecule has 0 saturated carbocycles. The predicted molar refractivity (Wildman–Crippen MR) is 125 cm³/mol. The first kappa shape index (κ1) is 24.0. The van der Waals surface area contributed by atoms with E-state index in [-0.39, 0.29) is 18.9 Å². The summed E-state index contributed by atoms with van der Waals surface area (Å²) in [7, 11) is 0. The first-order valence-electron chi connectivity index (χ1n) is 11.4. The van der Waals surface area contributed by atoms with Crippen LogP contribution in [0.1, 0.15) is 38.7 Å². The van der Waals surface area contributed by atoms with Crippen LogP contribution in [0.4, 0.5) is 5.69 Å². The summed E-state index contributed by atoms with van der Waals surface area (Å²) in [5.74, 6) is -0.711. The van der Waals surface area contributed by atoms with Crippen LogP contribution < -0.4 is 4.90 Å². The maximum absolute atomic E-state index is 13.5. The van der Waals surface area contributed by atoms with Crippen molar-refractivity contribution in [1.82, 2.24) is 4.90 Å². The number of aliphatic hydroxyl groups excluding tert-OH is 1. The van der Waals surface area contributed by atoms with Crippen molar-refractivity contribution in [2.45, 2.75) is 51.2 Å². The summed E-state index contributed by atoms with van der Waals surface area (Å²) in [5, 5.41) is 10.5. The van der Waals surface area contributed by atoms with Gasteiger partial charge in [-0.2, -0.15) is 0 Å². The lowest BCUT2D eigenvalue weighted by Gasteiger charge is -2.48. The Morgan fingerprint density at radius 2 is 1.66 bits per heavy atom. The number of benzene rings is 2. The second-order valence-electron chi connectivity index (χ2n) is 8.45. The molecule has 0 radical (unpaired) electrons. The van der Waals surface area contributed by atoms with Crippen LogP contribution in [0, 0.1) is 0 Å². The number of anilines is 1. The summed E-state index contributed by atoms with van der Waals surface area (Å²) < 4.78 is 5.33. The number of rotatable bonds is 9. The highest BCUT2D eigenvalue weighted by molar-refractivity contribution is 5.98. The van der Waals surface area contributed by atoms with Gasteiger partial charge in [0.15, 0.2) is 6.10 Å². The number of likely N-dealkylation sites (tertiary alicyclic amines) is 1. The molecule has 1 amide bonds. The molecule has 0 spiro atoms. The number of piperidine rings is 1. The molecular weight excluding hydrogens is 404 g/mol. The maximum atomic E-state index is 13.5. The van der Waals surface area contributed by atoms with E-state index in [0.29, 0.717) is 18.5 Å². The van der Waals surface area contributed by atoms with Crippen LogP contribution in [0.15, 0.2) is 60.7 Å². The van der Waals surface area contributed by atoms with Crippen molar-refractivity contribution >= 4 is 17.6 Å². The summed E-state index contributed by atoms with van der Waals surface area (Å²) in [6.45, 7) is 5.67. The second-order valence-corrected chi connectivity index (χ2v) is 8.45. The SMILES string of the molecule is CCC(=O)OC(C)C(=O)N(c1ccccc1)C1(CO)CCN(CCc2ccccc2)CC1. The Morgan fingerprint density at radius 3 is 2.22 bits per heavy atom. The number of carbonyl (C=O) groups is 2. The zero-order chi connectivity index (χ0) is 23.0. The highest BCUT2D eigenvalue weighted by Gasteiger charge is 2.44. The number of para-hydroxylation sites is 1. The lowest BCUT2D eigenvalue weighted by Crippen LogP contribution is -2.62. The Labute approximate surface area is 190 Å². The molecule has 1 atom stereocenters. The van der Waals surface area contributed by atoms with E-state index in [0.717, 1.165) is 26.1 Å². The van der Waals surface area contributed by atoms with E-state index >= 15 is 0 Å². The average Bonchev–Trinajstić information content (AvgIpc) is 2.84. The van der Waals surface area contributed by atoms with Crippen molar-refractivity contribution in [1.29, 1.82) is 0 Å². The van der Waals surface area contributed by atoms with Crippen LogP contribution in [0.2, 0.25) is 0 Å². The summed E-state index contributed by atoms with van der Waals surface area (Å²) in [5.41, 5.74) is 1.29. The Hall–Kier alpha value is -2.70. The van der Waals surface area contributed by atoms with Gasteiger partial charge in [-0.3, -0.25) is 9.59 Å². The fourth-order valence-corrected chi connectivity index (χ4v) is 4.30. The van der Waals surface area contributed by atoms with E-state index in [1.165, 1.54) is 5.56 Å². The molecule has 2 aromatic carbocycles. The number of amides is 1. The lowest BCUT2D eigenvalue weighted by atomic mass is 9.85. The molecule has 1 N–H and O–H groups in total. The second kappa shape index (κ2) is 11.2. The molecule has 172 valence electrons. The Kier molecular flexibility index (Phi) is 8.42. The van der Waals surface area contributed by atoms with E-state index in [1.54, 1.807) is 18.7 Å². The fraction of sp³-hybridized carbons (Fsp3) is 0.462. The van der Waals surface area contributed by atoms with Crippen molar-refractivity contribution in [2.24, 2.45) is 0 Å². The zero-order valence-corrected chi connectivity index (χ0v) is 19.1. The minimum Gasteiger partial charge on any atom is -0.453 e. The number of hydrogen-bond donors (Lipinski definition) is 1. The van der Waals surface area contributed by atoms with E-state index in [4.69, 9.17) is 4.74 Å². The van der Waals surface area contributed by atoms with E-state index < -0.39 is 17.6 Å². The minimum atomic E-state index is -0.915. The van der Waals surface area contributed by atoms with Crippen molar-refractivity contribution in [3.05, 3.63) is 66.2 Å². The van der Waals surface area contributed by atoms with Gasteiger partial charge in [-0.15, -0.1) is 0 Å². The number of esters is 1. The molecule has 1 aliphatic heterocycles. The Balaban J connectivity index is 1.75. The molecule has 1 fully saturated rings. The van der Waals surface area contributed by atoms with Crippen LogP contribution in [0.3, 0.4) is 0 Å². The third-order valence-corrected chi connectivity index (χ3v) is 6.29. The fourth-order valence-electron chi connectivity index (χ4n) is 4.30. The van der Waals surface area contributed by atoms with Crippen molar-refractivity contribution in [3.8, 4) is 0 Å². The quantitative estimate of drug-likeness (QED) is 0.608. The maximum Gasteiger partial charge on any atom is 0.306 e. The van der Waals surface area contributed by atoms with Crippen LogP contribution in [0.5, 0.6) is 0 Å². The molecule has 1 unspecified atom stereocenters. The largest absolute Gasteiger partial charge is 0.453 e. The number of hydrogen-bond acceptors (Lipinski definition) is 5. The van der Waals surface area contributed by atoms with E-state index in [9.17, 15) is 14.7 Å². The van der Waals surface area contributed by atoms with Crippen LogP contribution in [-0.2, 0) is 20.7 Å². The molecule has 6 nitrogen and oxygen atoms in total. The molecule has 0 aromatic heterocycles. The molecule has 0 bridgehead atoms. The normalized spacial score (nSPS) is 16.8. The lowest BCUT2D eigenvalue weighted by molar-refractivity contribution is -0.154. The Bertz CT molecular complexity index is 864.